The molecule has 0 N–H and O–H groups in total. The van der Waals surface area contributed by atoms with Crippen LogP contribution in [0.1, 0.15) is 28.1 Å². The number of nitriles is 1. The fraction of sp³-hybridized carbons (Fsp3) is 0.235. The summed E-state index contributed by atoms with van der Waals surface area (Å²) in [6, 6.07) is 4.79. The molecule has 3 heterocycles. The SMILES string of the molecule is N#Cc1cnc2c(c1)c(-c1ccsc1C(F)(F)F)cn2C(=O)C1CC1. The van der Waals surface area contributed by atoms with E-state index in [1.807, 2.05) is 6.07 Å². The van der Waals surface area contributed by atoms with E-state index in [4.69, 9.17) is 5.26 Å². The Morgan fingerprint density at radius 3 is 2.76 bits per heavy atom. The molecule has 8 heteroatoms. The molecule has 3 aromatic heterocycles. The topological polar surface area (TPSA) is 58.7 Å². The predicted octanol–water partition coefficient (Wildman–Crippen LogP) is 4.71. The van der Waals surface area contributed by atoms with Gasteiger partial charge in [-0.15, -0.1) is 11.3 Å². The minimum Gasteiger partial charge on any atom is -0.274 e. The van der Waals surface area contributed by atoms with Gasteiger partial charge >= 0.3 is 6.18 Å². The lowest BCUT2D eigenvalue weighted by atomic mass is 10.1. The summed E-state index contributed by atoms with van der Waals surface area (Å²) in [6.07, 6.45) is -0.205. The van der Waals surface area contributed by atoms with Crippen molar-refractivity contribution in [2.75, 3.05) is 0 Å². The van der Waals surface area contributed by atoms with E-state index < -0.39 is 11.1 Å². The third-order valence-electron chi connectivity index (χ3n) is 4.15. The molecule has 0 aromatic carbocycles. The molecule has 126 valence electrons. The first-order valence-corrected chi connectivity index (χ1v) is 8.38. The Labute approximate surface area is 144 Å². The van der Waals surface area contributed by atoms with Crippen molar-refractivity contribution in [2.24, 2.45) is 5.92 Å². The first-order valence-electron chi connectivity index (χ1n) is 7.50. The maximum Gasteiger partial charge on any atom is 0.426 e. The van der Waals surface area contributed by atoms with E-state index in [0.29, 0.717) is 16.7 Å². The lowest BCUT2D eigenvalue weighted by Crippen LogP contribution is -2.11. The molecule has 0 saturated heterocycles. The fourth-order valence-corrected chi connectivity index (χ4v) is 3.60. The van der Waals surface area contributed by atoms with Gasteiger partial charge in [0.1, 0.15) is 16.6 Å². The number of nitrogens with zero attached hydrogens (tertiary/aromatic N) is 3. The third-order valence-corrected chi connectivity index (χ3v) is 5.11. The van der Waals surface area contributed by atoms with Crippen LogP contribution >= 0.6 is 11.3 Å². The monoisotopic (exact) mass is 361 g/mol. The molecule has 0 aliphatic heterocycles. The molecule has 0 unspecified atom stereocenters. The summed E-state index contributed by atoms with van der Waals surface area (Å²) in [4.78, 5) is 15.9. The largest absolute Gasteiger partial charge is 0.426 e. The second kappa shape index (κ2) is 5.43. The molecule has 1 aliphatic rings. The zero-order valence-corrected chi connectivity index (χ0v) is 13.5. The van der Waals surface area contributed by atoms with Crippen molar-refractivity contribution in [1.82, 2.24) is 9.55 Å². The quantitative estimate of drug-likeness (QED) is 0.664. The van der Waals surface area contributed by atoms with Crippen LogP contribution < -0.4 is 0 Å². The van der Waals surface area contributed by atoms with E-state index in [1.54, 1.807) is 0 Å². The molecule has 0 spiro atoms. The normalized spacial score (nSPS) is 14.6. The number of carbonyl (C=O) groups excluding carboxylic acids is 1. The molecule has 0 atom stereocenters. The summed E-state index contributed by atoms with van der Waals surface area (Å²) in [6.45, 7) is 0. The van der Waals surface area contributed by atoms with Gasteiger partial charge in [-0.3, -0.25) is 9.36 Å². The van der Waals surface area contributed by atoms with E-state index in [0.717, 1.165) is 12.8 Å². The molecule has 25 heavy (non-hydrogen) atoms. The first-order chi connectivity index (χ1) is 11.9. The molecule has 4 rings (SSSR count). The number of hydrogen-bond acceptors (Lipinski definition) is 4. The maximum atomic E-state index is 13.3. The molecule has 1 aliphatic carbocycles. The number of alkyl halides is 3. The second-order valence-corrected chi connectivity index (χ2v) is 6.81. The number of thiophene rings is 1. The summed E-state index contributed by atoms with van der Waals surface area (Å²) < 4.78 is 41.2. The summed E-state index contributed by atoms with van der Waals surface area (Å²) in [7, 11) is 0. The third kappa shape index (κ3) is 2.61. The number of pyridine rings is 1. The molecule has 1 saturated carbocycles. The Bertz CT molecular complexity index is 1040. The van der Waals surface area contributed by atoms with Crippen LogP contribution in [0.4, 0.5) is 13.2 Å². The Balaban J connectivity index is 1.99. The van der Waals surface area contributed by atoms with Gasteiger partial charge in [0.05, 0.1) is 5.56 Å². The van der Waals surface area contributed by atoms with E-state index in [-0.39, 0.29) is 34.2 Å². The smallest absolute Gasteiger partial charge is 0.274 e. The van der Waals surface area contributed by atoms with Gasteiger partial charge in [-0.2, -0.15) is 18.4 Å². The van der Waals surface area contributed by atoms with Gasteiger partial charge in [0.2, 0.25) is 5.91 Å². The minimum absolute atomic E-state index is 0.00161. The van der Waals surface area contributed by atoms with E-state index in [9.17, 15) is 18.0 Å². The van der Waals surface area contributed by atoms with Crippen LogP contribution in [-0.2, 0) is 6.18 Å². The van der Waals surface area contributed by atoms with Gasteiger partial charge in [0.25, 0.3) is 0 Å². The molecule has 0 radical (unpaired) electrons. The number of aromatic nitrogens is 2. The van der Waals surface area contributed by atoms with Crippen molar-refractivity contribution in [3.63, 3.8) is 0 Å². The summed E-state index contributed by atoms with van der Waals surface area (Å²) >= 11 is 0.602. The van der Waals surface area contributed by atoms with Crippen LogP contribution in [0.2, 0.25) is 0 Å². The highest BCUT2D eigenvalue weighted by Crippen LogP contribution is 2.43. The average Bonchev–Trinajstić information content (AvgIpc) is 3.18. The molecule has 0 bridgehead atoms. The number of fused-ring (bicyclic) bond motifs is 1. The molecule has 1 fully saturated rings. The highest BCUT2D eigenvalue weighted by atomic mass is 32.1. The van der Waals surface area contributed by atoms with E-state index in [1.165, 1.54) is 34.5 Å². The number of rotatable bonds is 2. The molecule has 3 aromatic rings. The fourth-order valence-electron chi connectivity index (χ4n) is 2.82. The number of hydrogen-bond donors (Lipinski definition) is 0. The lowest BCUT2D eigenvalue weighted by Gasteiger charge is -2.06. The van der Waals surface area contributed by atoms with Gasteiger partial charge < -0.3 is 0 Å². The lowest BCUT2D eigenvalue weighted by molar-refractivity contribution is -0.133. The van der Waals surface area contributed by atoms with Crippen LogP contribution in [0.5, 0.6) is 0 Å². The van der Waals surface area contributed by atoms with Gasteiger partial charge in [-0.25, -0.2) is 4.98 Å². The zero-order valence-electron chi connectivity index (χ0n) is 12.7. The second-order valence-electron chi connectivity index (χ2n) is 5.89. The summed E-state index contributed by atoms with van der Waals surface area (Å²) in [5.74, 6) is -0.275. The summed E-state index contributed by atoms with van der Waals surface area (Å²) in [5.41, 5.74) is 0.781. The Morgan fingerprint density at radius 2 is 2.12 bits per heavy atom. The Kier molecular flexibility index (Phi) is 3.44. The van der Waals surface area contributed by atoms with E-state index in [2.05, 4.69) is 4.98 Å². The van der Waals surface area contributed by atoms with Crippen LogP contribution in [0.25, 0.3) is 22.2 Å². The van der Waals surface area contributed by atoms with Crippen molar-refractivity contribution in [2.45, 2.75) is 19.0 Å². The van der Waals surface area contributed by atoms with Gasteiger partial charge in [-0.1, -0.05) is 0 Å². The molecular formula is C17H10F3N3OS. The van der Waals surface area contributed by atoms with Crippen LogP contribution in [0.15, 0.2) is 29.9 Å². The van der Waals surface area contributed by atoms with Crippen LogP contribution in [0.3, 0.4) is 0 Å². The highest BCUT2D eigenvalue weighted by molar-refractivity contribution is 7.10. The molecular weight excluding hydrogens is 351 g/mol. The molecule has 4 nitrogen and oxygen atoms in total. The Hall–Kier alpha value is -2.66. The van der Waals surface area contributed by atoms with Crippen LogP contribution in [0, 0.1) is 17.2 Å². The maximum absolute atomic E-state index is 13.3. The van der Waals surface area contributed by atoms with Crippen molar-refractivity contribution < 1.29 is 18.0 Å². The zero-order chi connectivity index (χ0) is 17.8. The average molecular weight is 361 g/mol. The van der Waals surface area contributed by atoms with Crippen molar-refractivity contribution in [3.05, 3.63) is 40.3 Å². The summed E-state index contributed by atoms with van der Waals surface area (Å²) in [5, 5.41) is 10.8. The predicted molar refractivity (Wildman–Crippen MR) is 86.1 cm³/mol. The number of halogens is 3. The first kappa shape index (κ1) is 15.8. The van der Waals surface area contributed by atoms with Gasteiger partial charge in [-0.05, 0) is 30.4 Å². The van der Waals surface area contributed by atoms with Gasteiger partial charge in [0, 0.05) is 34.8 Å². The van der Waals surface area contributed by atoms with Crippen molar-refractivity contribution in [1.29, 1.82) is 5.26 Å². The minimum atomic E-state index is -4.49. The number of carbonyl (C=O) groups is 1. The molecule has 0 amide bonds. The van der Waals surface area contributed by atoms with Gasteiger partial charge in [0.15, 0.2) is 0 Å². The van der Waals surface area contributed by atoms with Crippen molar-refractivity contribution in [3.8, 4) is 17.2 Å². The standard InChI is InChI=1S/C17H10F3N3OS/c18-17(19,20)14-11(3-4-25-14)13-8-23(16(24)10-1-2-10)15-12(13)5-9(6-21)7-22-15/h3-5,7-8,10H,1-2H2. The van der Waals surface area contributed by atoms with Crippen molar-refractivity contribution >= 4 is 28.3 Å². The highest BCUT2D eigenvalue weighted by Gasteiger charge is 2.37. The van der Waals surface area contributed by atoms with Crippen LogP contribution in [-0.4, -0.2) is 15.5 Å². The Morgan fingerprint density at radius 1 is 1.36 bits per heavy atom. The van der Waals surface area contributed by atoms with E-state index >= 15 is 0 Å².